The zero-order valence-electron chi connectivity index (χ0n) is 26.5. The number of aliphatic hydroxyl groups excluding tert-OH is 2. The van der Waals surface area contributed by atoms with Gasteiger partial charge in [-0.2, -0.15) is 0 Å². The Morgan fingerprint density at radius 1 is 0.385 bits per heavy atom. The van der Waals surface area contributed by atoms with Crippen molar-refractivity contribution in [2.75, 3.05) is 11.5 Å². The van der Waals surface area contributed by atoms with E-state index in [0.29, 0.717) is 25.7 Å². The molecule has 39 heavy (non-hydrogen) atoms. The number of rotatable bonds is 32. The number of hydrogen-bond acceptors (Lipinski definition) is 4. The first-order chi connectivity index (χ1) is 18.9. The zero-order valence-corrected chi connectivity index (χ0v) is 27.3. The Balaban J connectivity index is 3.55. The second-order valence-electron chi connectivity index (χ2n) is 12.4. The van der Waals surface area contributed by atoms with Gasteiger partial charge >= 0.3 is 0 Å². The van der Waals surface area contributed by atoms with Crippen molar-refractivity contribution in [2.24, 2.45) is 0 Å². The lowest BCUT2D eigenvalue weighted by Crippen LogP contribution is -2.20. The van der Waals surface area contributed by atoms with E-state index in [9.17, 15) is 18.6 Å². The first-order valence-electron chi connectivity index (χ1n) is 17.5. The normalized spacial score (nSPS) is 13.6. The van der Waals surface area contributed by atoms with Crippen molar-refractivity contribution in [1.82, 2.24) is 0 Å². The maximum Gasteiger partial charge on any atom is 0.150 e. The molecule has 0 spiro atoms. The molecule has 0 saturated heterocycles. The number of aliphatic hydroxyl groups is 2. The molecule has 2 atom stereocenters. The molecule has 2 unspecified atom stereocenters. The molecular formula is C34H70O4S. The van der Waals surface area contributed by atoms with Gasteiger partial charge in [-0.05, 0) is 25.7 Å². The molecule has 0 saturated carbocycles. The average molecular weight is 575 g/mol. The summed E-state index contributed by atoms with van der Waals surface area (Å²) in [5.74, 6) is 0.0789. The maximum atomic E-state index is 12.4. The van der Waals surface area contributed by atoms with Crippen molar-refractivity contribution in [1.29, 1.82) is 0 Å². The standard InChI is InChI=1S/C34H70O4S/c1-3-5-7-9-11-13-15-17-19-21-23-25-27-33(35)29-31-39(37,38)32-30-34(36)28-26-24-22-20-18-16-14-12-10-8-6-4-2/h33-36H,3-32H2,1-2H3. The summed E-state index contributed by atoms with van der Waals surface area (Å²) in [4.78, 5) is 0. The molecule has 0 rings (SSSR count). The van der Waals surface area contributed by atoms with Crippen LogP contribution in [0, 0.1) is 0 Å². The van der Waals surface area contributed by atoms with Crippen LogP contribution >= 0.6 is 0 Å². The summed E-state index contributed by atoms with van der Waals surface area (Å²) in [5, 5.41) is 20.4. The van der Waals surface area contributed by atoms with E-state index in [-0.39, 0.29) is 11.5 Å². The van der Waals surface area contributed by atoms with E-state index >= 15 is 0 Å². The third-order valence-corrected chi connectivity index (χ3v) is 10.0. The second-order valence-corrected chi connectivity index (χ2v) is 14.7. The maximum absolute atomic E-state index is 12.4. The van der Waals surface area contributed by atoms with E-state index in [0.717, 1.165) is 25.7 Å². The van der Waals surface area contributed by atoms with E-state index in [4.69, 9.17) is 0 Å². The first-order valence-corrected chi connectivity index (χ1v) is 19.3. The summed E-state index contributed by atoms with van der Waals surface area (Å²) >= 11 is 0. The predicted molar refractivity (Wildman–Crippen MR) is 171 cm³/mol. The molecule has 4 nitrogen and oxygen atoms in total. The molecule has 0 heterocycles. The van der Waals surface area contributed by atoms with Gasteiger partial charge in [0.2, 0.25) is 0 Å². The SMILES string of the molecule is CCCCCCCCCCCCCCC(O)CCS(=O)(=O)CCC(O)CCCCCCCCCCCCCC. The molecule has 0 aliphatic carbocycles. The Labute approximate surface area is 245 Å². The Morgan fingerprint density at radius 2 is 0.615 bits per heavy atom. The minimum absolute atomic E-state index is 0.0394. The monoisotopic (exact) mass is 574 g/mol. The molecular weight excluding hydrogens is 504 g/mol. The van der Waals surface area contributed by atoms with Gasteiger partial charge in [-0.3, -0.25) is 0 Å². The topological polar surface area (TPSA) is 74.6 Å². The fourth-order valence-electron chi connectivity index (χ4n) is 5.46. The van der Waals surface area contributed by atoms with E-state index in [2.05, 4.69) is 13.8 Å². The third kappa shape index (κ3) is 30.7. The van der Waals surface area contributed by atoms with Crippen molar-refractivity contribution in [3.05, 3.63) is 0 Å². The smallest absolute Gasteiger partial charge is 0.150 e. The van der Waals surface area contributed by atoms with Crippen LogP contribution in [0.5, 0.6) is 0 Å². The second kappa shape index (κ2) is 29.4. The number of hydrogen-bond donors (Lipinski definition) is 2. The van der Waals surface area contributed by atoms with E-state index < -0.39 is 22.0 Å². The van der Waals surface area contributed by atoms with Gasteiger partial charge in [0.1, 0.15) is 0 Å². The first kappa shape index (κ1) is 38.9. The summed E-state index contributed by atoms with van der Waals surface area (Å²) in [6, 6.07) is 0. The summed E-state index contributed by atoms with van der Waals surface area (Å²) < 4.78 is 24.7. The lowest BCUT2D eigenvalue weighted by molar-refractivity contribution is 0.155. The summed E-state index contributed by atoms with van der Waals surface area (Å²) in [6.45, 7) is 4.52. The van der Waals surface area contributed by atoms with Crippen LogP contribution in [0.1, 0.15) is 194 Å². The van der Waals surface area contributed by atoms with Crippen molar-refractivity contribution in [3.63, 3.8) is 0 Å². The van der Waals surface area contributed by atoms with Gasteiger partial charge in [-0.25, -0.2) is 8.42 Å². The van der Waals surface area contributed by atoms with E-state index in [1.807, 2.05) is 0 Å². The molecule has 0 aliphatic heterocycles. The Morgan fingerprint density at radius 3 is 0.872 bits per heavy atom. The molecule has 2 N–H and O–H groups in total. The third-order valence-electron chi connectivity index (χ3n) is 8.31. The van der Waals surface area contributed by atoms with Gasteiger partial charge < -0.3 is 10.2 Å². The fourth-order valence-corrected chi connectivity index (χ4v) is 6.93. The highest BCUT2D eigenvalue weighted by Gasteiger charge is 2.16. The fraction of sp³-hybridized carbons (Fsp3) is 1.00. The van der Waals surface area contributed by atoms with Crippen molar-refractivity contribution in [3.8, 4) is 0 Å². The quantitative estimate of drug-likeness (QED) is 0.0784. The largest absolute Gasteiger partial charge is 0.393 e. The van der Waals surface area contributed by atoms with Gasteiger partial charge in [0, 0.05) is 0 Å². The van der Waals surface area contributed by atoms with Crippen LogP contribution in [0.25, 0.3) is 0 Å². The highest BCUT2D eigenvalue weighted by molar-refractivity contribution is 7.91. The number of unbranched alkanes of at least 4 members (excludes halogenated alkanes) is 22. The van der Waals surface area contributed by atoms with Gasteiger partial charge in [0.25, 0.3) is 0 Å². The average Bonchev–Trinajstić information content (AvgIpc) is 2.92. The molecule has 0 aromatic carbocycles. The Hall–Kier alpha value is -0.130. The summed E-state index contributed by atoms with van der Waals surface area (Å²) in [7, 11) is -3.20. The van der Waals surface area contributed by atoms with Gasteiger partial charge in [-0.15, -0.1) is 0 Å². The van der Waals surface area contributed by atoms with Crippen LogP contribution in [0.4, 0.5) is 0 Å². The molecule has 236 valence electrons. The lowest BCUT2D eigenvalue weighted by Gasteiger charge is -2.13. The number of sulfone groups is 1. The molecule has 0 fully saturated rings. The molecule has 0 aromatic rings. The summed E-state index contributed by atoms with van der Waals surface area (Å²) in [6.07, 6.45) is 32.0. The van der Waals surface area contributed by atoms with E-state index in [1.165, 1.54) is 128 Å². The van der Waals surface area contributed by atoms with Gasteiger partial charge in [0.05, 0.1) is 23.7 Å². The van der Waals surface area contributed by atoms with Crippen LogP contribution in [0.15, 0.2) is 0 Å². The predicted octanol–water partition coefficient (Wildman–Crippen LogP) is 10.1. The highest BCUT2D eigenvalue weighted by atomic mass is 32.2. The van der Waals surface area contributed by atoms with Crippen LogP contribution in [0.2, 0.25) is 0 Å². The highest BCUT2D eigenvalue weighted by Crippen LogP contribution is 2.16. The minimum Gasteiger partial charge on any atom is -0.393 e. The van der Waals surface area contributed by atoms with Crippen LogP contribution in [-0.4, -0.2) is 42.3 Å². The van der Waals surface area contributed by atoms with Gasteiger partial charge in [-0.1, -0.05) is 168 Å². The molecule has 5 heteroatoms. The molecule has 0 aromatic heterocycles. The lowest BCUT2D eigenvalue weighted by atomic mass is 10.0. The van der Waals surface area contributed by atoms with Crippen LogP contribution in [0.3, 0.4) is 0 Å². The molecule has 0 aliphatic rings. The molecule has 0 bridgehead atoms. The Kier molecular flexibility index (Phi) is 29.3. The Bertz CT molecular complexity index is 534. The zero-order chi connectivity index (χ0) is 28.9. The van der Waals surface area contributed by atoms with Crippen molar-refractivity contribution < 1.29 is 18.6 Å². The minimum atomic E-state index is -3.20. The van der Waals surface area contributed by atoms with Crippen LogP contribution < -0.4 is 0 Å². The van der Waals surface area contributed by atoms with Gasteiger partial charge in [0.15, 0.2) is 9.84 Å². The molecule has 0 amide bonds. The van der Waals surface area contributed by atoms with Crippen molar-refractivity contribution in [2.45, 2.75) is 206 Å². The molecule has 0 radical (unpaired) electrons. The summed E-state index contributed by atoms with van der Waals surface area (Å²) in [5.41, 5.74) is 0. The van der Waals surface area contributed by atoms with E-state index in [1.54, 1.807) is 0 Å². The van der Waals surface area contributed by atoms with Crippen LogP contribution in [-0.2, 0) is 9.84 Å². The van der Waals surface area contributed by atoms with Crippen molar-refractivity contribution >= 4 is 9.84 Å².